The number of rotatable bonds is 6. The summed E-state index contributed by atoms with van der Waals surface area (Å²) in [5.41, 5.74) is 1.58. The molecule has 1 aliphatic heterocycles. The molecule has 9 heteroatoms. The van der Waals surface area contributed by atoms with Crippen molar-refractivity contribution in [1.29, 1.82) is 0 Å². The third-order valence-electron chi connectivity index (χ3n) is 4.45. The van der Waals surface area contributed by atoms with E-state index in [-0.39, 0.29) is 16.3 Å². The molecule has 0 bridgehead atoms. The summed E-state index contributed by atoms with van der Waals surface area (Å²) in [5, 5.41) is 16.7. The zero-order valence-electron chi connectivity index (χ0n) is 16.1. The summed E-state index contributed by atoms with van der Waals surface area (Å²) in [6, 6.07) is 9.29. The highest BCUT2D eigenvalue weighted by Crippen LogP contribution is 2.30. The molecule has 0 N–H and O–H groups in total. The number of amides is 1. The van der Waals surface area contributed by atoms with E-state index in [1.807, 2.05) is 19.1 Å². The predicted octanol–water partition coefficient (Wildman–Crippen LogP) is 4.30. The molecule has 8 nitrogen and oxygen atoms in total. The van der Waals surface area contributed by atoms with E-state index in [2.05, 4.69) is 5.10 Å². The molecule has 2 aromatic carbocycles. The predicted molar refractivity (Wildman–Crippen MR) is 109 cm³/mol. The number of ether oxygens (including phenoxy) is 2. The van der Waals surface area contributed by atoms with Crippen molar-refractivity contribution in [3.63, 3.8) is 0 Å². The number of carbonyl (C=O) groups excluding carboxylic acids is 1. The van der Waals surface area contributed by atoms with Crippen LogP contribution in [0.1, 0.15) is 35.7 Å². The van der Waals surface area contributed by atoms with Gasteiger partial charge in [-0.3, -0.25) is 14.9 Å². The third kappa shape index (κ3) is 4.48. The van der Waals surface area contributed by atoms with E-state index in [1.54, 1.807) is 13.2 Å². The Balaban J connectivity index is 1.89. The molecule has 1 amide bonds. The van der Waals surface area contributed by atoms with Crippen LogP contribution in [-0.4, -0.2) is 41.8 Å². The van der Waals surface area contributed by atoms with Crippen molar-refractivity contribution in [3.05, 3.63) is 62.7 Å². The van der Waals surface area contributed by atoms with Crippen LogP contribution in [0.5, 0.6) is 11.5 Å². The second-order valence-electron chi connectivity index (χ2n) is 6.30. The Morgan fingerprint density at radius 3 is 2.72 bits per heavy atom. The number of nitro groups is 1. The van der Waals surface area contributed by atoms with E-state index in [0.29, 0.717) is 31.1 Å². The van der Waals surface area contributed by atoms with Gasteiger partial charge in [-0.25, -0.2) is 5.01 Å². The number of carbonyl (C=O) groups is 1. The van der Waals surface area contributed by atoms with Crippen LogP contribution in [0.25, 0.3) is 0 Å². The van der Waals surface area contributed by atoms with Crippen LogP contribution >= 0.6 is 11.6 Å². The second-order valence-corrected chi connectivity index (χ2v) is 6.71. The van der Waals surface area contributed by atoms with E-state index in [4.69, 9.17) is 21.1 Å². The maximum atomic E-state index is 12.9. The normalized spacial score (nSPS) is 13.6. The summed E-state index contributed by atoms with van der Waals surface area (Å²) in [4.78, 5) is 23.2. The molecule has 0 atom stereocenters. The quantitative estimate of drug-likeness (QED) is 0.516. The Morgan fingerprint density at radius 2 is 2.07 bits per heavy atom. The van der Waals surface area contributed by atoms with Gasteiger partial charge in [0.1, 0.15) is 0 Å². The lowest BCUT2D eigenvalue weighted by atomic mass is 10.0. The van der Waals surface area contributed by atoms with E-state index in [1.165, 1.54) is 23.2 Å². The Kier molecular flexibility index (Phi) is 6.33. The van der Waals surface area contributed by atoms with Crippen molar-refractivity contribution < 1.29 is 19.2 Å². The highest BCUT2D eigenvalue weighted by molar-refractivity contribution is 6.34. The van der Waals surface area contributed by atoms with Gasteiger partial charge in [-0.15, -0.1) is 0 Å². The molecule has 0 aliphatic carbocycles. The number of hydrogen-bond acceptors (Lipinski definition) is 6. The van der Waals surface area contributed by atoms with Crippen LogP contribution in [-0.2, 0) is 0 Å². The van der Waals surface area contributed by atoms with Crippen LogP contribution in [0.4, 0.5) is 5.69 Å². The maximum absolute atomic E-state index is 12.9. The number of halogens is 1. The van der Waals surface area contributed by atoms with Crippen LogP contribution in [0, 0.1) is 10.1 Å². The zero-order chi connectivity index (χ0) is 21.0. The molecule has 0 saturated carbocycles. The van der Waals surface area contributed by atoms with E-state index in [0.717, 1.165) is 17.7 Å². The smallest absolute Gasteiger partial charge is 0.275 e. The van der Waals surface area contributed by atoms with Crippen molar-refractivity contribution in [1.82, 2.24) is 5.01 Å². The fraction of sp³-hybridized carbons (Fsp3) is 0.300. The molecule has 0 radical (unpaired) electrons. The molecule has 1 aliphatic rings. The molecular weight excluding hydrogens is 398 g/mol. The lowest BCUT2D eigenvalue weighted by molar-refractivity contribution is -0.384. The summed E-state index contributed by atoms with van der Waals surface area (Å²) in [6.45, 7) is 2.82. The van der Waals surface area contributed by atoms with Crippen LogP contribution < -0.4 is 9.47 Å². The molecule has 3 rings (SSSR count). The number of non-ortho nitro benzene ring substituents is 1. The fourth-order valence-corrected chi connectivity index (χ4v) is 3.30. The first-order valence-electron chi connectivity index (χ1n) is 9.09. The highest BCUT2D eigenvalue weighted by Gasteiger charge is 2.24. The van der Waals surface area contributed by atoms with Crippen molar-refractivity contribution in [2.24, 2.45) is 5.10 Å². The van der Waals surface area contributed by atoms with Crippen LogP contribution in [0.3, 0.4) is 0 Å². The molecule has 29 heavy (non-hydrogen) atoms. The second kappa shape index (κ2) is 8.91. The largest absolute Gasteiger partial charge is 0.493 e. The van der Waals surface area contributed by atoms with Gasteiger partial charge in [0.15, 0.2) is 11.5 Å². The number of hydrogen-bond donors (Lipinski definition) is 0. The van der Waals surface area contributed by atoms with Crippen molar-refractivity contribution in [2.75, 3.05) is 20.3 Å². The Hall–Kier alpha value is -3.13. The summed E-state index contributed by atoms with van der Waals surface area (Å²) in [7, 11) is 1.57. The number of benzene rings is 2. The molecule has 0 saturated heterocycles. The van der Waals surface area contributed by atoms with Gasteiger partial charge in [0.2, 0.25) is 0 Å². The molecule has 0 aromatic heterocycles. The van der Waals surface area contributed by atoms with Gasteiger partial charge >= 0.3 is 0 Å². The number of hydrazone groups is 1. The third-order valence-corrected chi connectivity index (χ3v) is 4.76. The van der Waals surface area contributed by atoms with Crippen molar-refractivity contribution in [3.8, 4) is 11.5 Å². The summed E-state index contributed by atoms with van der Waals surface area (Å²) < 4.78 is 10.9. The minimum absolute atomic E-state index is 0.0228. The summed E-state index contributed by atoms with van der Waals surface area (Å²) >= 11 is 6.10. The Bertz CT molecular complexity index is 977. The molecular formula is C20H20ClN3O5. The van der Waals surface area contributed by atoms with Crippen LogP contribution in [0.15, 0.2) is 41.5 Å². The first-order chi connectivity index (χ1) is 13.9. The van der Waals surface area contributed by atoms with Gasteiger partial charge in [-0.2, -0.15) is 5.10 Å². The monoisotopic (exact) mass is 417 g/mol. The average Bonchev–Trinajstić information content (AvgIpc) is 2.73. The summed E-state index contributed by atoms with van der Waals surface area (Å²) in [6.07, 6.45) is 1.43. The number of nitrogens with zero attached hydrogens (tertiary/aromatic N) is 3. The van der Waals surface area contributed by atoms with Gasteiger partial charge in [0.05, 0.1) is 34.9 Å². The average molecular weight is 418 g/mol. The van der Waals surface area contributed by atoms with Crippen molar-refractivity contribution >= 4 is 28.9 Å². The topological polar surface area (TPSA) is 94.3 Å². The number of methoxy groups -OCH3 is 1. The minimum Gasteiger partial charge on any atom is -0.493 e. The van der Waals surface area contributed by atoms with Gasteiger partial charge in [0, 0.05) is 24.2 Å². The van der Waals surface area contributed by atoms with Gasteiger partial charge < -0.3 is 9.47 Å². The SMILES string of the molecule is CCOc1cc(C2=NN(C(=O)c3ccc([N+](=O)[O-])cc3Cl)CCC2)ccc1OC. The molecule has 152 valence electrons. The van der Waals surface area contributed by atoms with Gasteiger partial charge in [-0.1, -0.05) is 11.6 Å². The van der Waals surface area contributed by atoms with Crippen molar-refractivity contribution in [2.45, 2.75) is 19.8 Å². The minimum atomic E-state index is -0.559. The highest BCUT2D eigenvalue weighted by atomic mass is 35.5. The van der Waals surface area contributed by atoms with Gasteiger partial charge in [-0.05, 0) is 44.0 Å². The first-order valence-corrected chi connectivity index (χ1v) is 9.47. The lowest BCUT2D eigenvalue weighted by Gasteiger charge is -2.24. The lowest BCUT2D eigenvalue weighted by Crippen LogP contribution is -2.32. The van der Waals surface area contributed by atoms with E-state index in [9.17, 15) is 14.9 Å². The molecule has 0 unspecified atom stereocenters. The molecule has 2 aromatic rings. The van der Waals surface area contributed by atoms with E-state index < -0.39 is 10.8 Å². The maximum Gasteiger partial charge on any atom is 0.275 e. The van der Waals surface area contributed by atoms with Gasteiger partial charge in [0.25, 0.3) is 11.6 Å². The Labute approximate surface area is 172 Å². The first kappa shape index (κ1) is 20.6. The molecule has 0 fully saturated rings. The van der Waals surface area contributed by atoms with E-state index >= 15 is 0 Å². The summed E-state index contributed by atoms with van der Waals surface area (Å²) in [5.74, 6) is 0.829. The molecule has 1 heterocycles. The van der Waals surface area contributed by atoms with Crippen LogP contribution in [0.2, 0.25) is 5.02 Å². The Morgan fingerprint density at radius 1 is 1.28 bits per heavy atom. The fourth-order valence-electron chi connectivity index (χ4n) is 3.05. The standard InChI is InChI=1S/C20H20ClN3O5/c1-3-29-19-11-13(6-9-18(19)28-2)17-5-4-10-23(22-17)20(25)15-8-7-14(24(26)27)12-16(15)21/h6-9,11-12H,3-5,10H2,1-2H3. The number of nitro benzene ring substituents is 1. The zero-order valence-corrected chi connectivity index (χ0v) is 16.8. The molecule has 0 spiro atoms.